The number of esters is 1. The van der Waals surface area contributed by atoms with E-state index in [0.29, 0.717) is 17.2 Å². The van der Waals surface area contributed by atoms with Crippen molar-refractivity contribution in [1.29, 1.82) is 0 Å². The highest BCUT2D eigenvalue weighted by atomic mass is 16.5. The lowest BCUT2D eigenvalue weighted by Crippen LogP contribution is -2.22. The summed E-state index contributed by atoms with van der Waals surface area (Å²) in [4.78, 5) is 23.8. The van der Waals surface area contributed by atoms with E-state index in [-0.39, 0.29) is 13.0 Å². The Morgan fingerprint density at radius 2 is 1.72 bits per heavy atom. The minimum atomic E-state index is -0.461. The van der Waals surface area contributed by atoms with E-state index in [9.17, 15) is 9.59 Å². The van der Waals surface area contributed by atoms with Crippen LogP contribution in [0.3, 0.4) is 0 Å². The van der Waals surface area contributed by atoms with Gasteiger partial charge in [0.25, 0.3) is 5.91 Å². The van der Waals surface area contributed by atoms with Crippen molar-refractivity contribution in [3.05, 3.63) is 53.6 Å². The number of hydrogen-bond acceptors (Lipinski definition) is 5. The largest absolute Gasteiger partial charge is 0.497 e. The fourth-order valence-electron chi connectivity index (χ4n) is 2.17. The van der Waals surface area contributed by atoms with Crippen LogP contribution in [-0.4, -0.2) is 32.7 Å². The van der Waals surface area contributed by atoms with Gasteiger partial charge in [-0.1, -0.05) is 29.8 Å². The summed E-state index contributed by atoms with van der Waals surface area (Å²) in [5, 5.41) is 2.64. The number of rotatable bonds is 7. The first-order chi connectivity index (χ1) is 12.0. The summed E-state index contributed by atoms with van der Waals surface area (Å²) < 4.78 is 15.3. The monoisotopic (exact) mass is 343 g/mol. The standard InChI is InChI=1S/C19H21NO5/c1-13-4-6-14(7-5-13)10-19(22)25-12-18(21)20-16-11-15(23-2)8-9-17(16)24-3/h4-9,11H,10,12H2,1-3H3,(H,20,21). The maximum atomic E-state index is 12.0. The summed E-state index contributed by atoms with van der Waals surface area (Å²) in [6, 6.07) is 12.6. The smallest absolute Gasteiger partial charge is 0.310 e. The van der Waals surface area contributed by atoms with Crippen LogP contribution < -0.4 is 14.8 Å². The van der Waals surface area contributed by atoms with Gasteiger partial charge < -0.3 is 19.5 Å². The third-order valence-electron chi connectivity index (χ3n) is 3.51. The lowest BCUT2D eigenvalue weighted by atomic mass is 10.1. The molecule has 6 nitrogen and oxygen atoms in total. The number of anilines is 1. The van der Waals surface area contributed by atoms with Gasteiger partial charge >= 0.3 is 5.97 Å². The molecule has 0 unspecified atom stereocenters. The van der Waals surface area contributed by atoms with Crippen LogP contribution in [0, 0.1) is 6.92 Å². The molecule has 0 bridgehead atoms. The maximum absolute atomic E-state index is 12.0. The zero-order valence-electron chi connectivity index (χ0n) is 14.5. The predicted molar refractivity (Wildman–Crippen MR) is 94.0 cm³/mol. The Morgan fingerprint density at radius 3 is 2.36 bits per heavy atom. The van der Waals surface area contributed by atoms with Crippen molar-refractivity contribution in [2.24, 2.45) is 0 Å². The molecule has 6 heteroatoms. The molecule has 2 rings (SSSR count). The Morgan fingerprint density at radius 1 is 1.00 bits per heavy atom. The van der Waals surface area contributed by atoms with Crippen LogP contribution in [0.25, 0.3) is 0 Å². The van der Waals surface area contributed by atoms with E-state index < -0.39 is 11.9 Å². The molecule has 0 aliphatic rings. The number of carbonyl (C=O) groups excluding carboxylic acids is 2. The van der Waals surface area contributed by atoms with Crippen molar-refractivity contribution < 1.29 is 23.8 Å². The Bertz CT molecular complexity index is 740. The van der Waals surface area contributed by atoms with Crippen molar-refractivity contribution in [3.8, 4) is 11.5 Å². The molecule has 0 aliphatic heterocycles. The Kier molecular flexibility index (Phi) is 6.39. The molecular formula is C19H21NO5. The summed E-state index contributed by atoms with van der Waals surface area (Å²) in [5.74, 6) is 0.146. The molecule has 0 spiro atoms. The van der Waals surface area contributed by atoms with Crippen molar-refractivity contribution in [2.45, 2.75) is 13.3 Å². The summed E-state index contributed by atoms with van der Waals surface area (Å²) in [6.07, 6.45) is 0.121. The molecule has 25 heavy (non-hydrogen) atoms. The number of nitrogens with one attached hydrogen (secondary N) is 1. The van der Waals surface area contributed by atoms with Gasteiger partial charge in [-0.05, 0) is 24.6 Å². The van der Waals surface area contributed by atoms with Crippen LogP contribution in [0.4, 0.5) is 5.69 Å². The molecule has 132 valence electrons. The van der Waals surface area contributed by atoms with Crippen LogP contribution in [-0.2, 0) is 20.7 Å². The van der Waals surface area contributed by atoms with Crippen molar-refractivity contribution >= 4 is 17.6 Å². The molecule has 0 saturated carbocycles. The lowest BCUT2D eigenvalue weighted by molar-refractivity contribution is -0.146. The van der Waals surface area contributed by atoms with Gasteiger partial charge in [-0.3, -0.25) is 9.59 Å². The van der Waals surface area contributed by atoms with Gasteiger partial charge in [0.1, 0.15) is 11.5 Å². The fraction of sp³-hybridized carbons (Fsp3) is 0.263. The molecule has 0 atom stereocenters. The summed E-state index contributed by atoms with van der Waals surface area (Å²) in [6.45, 7) is 1.60. The van der Waals surface area contributed by atoms with Gasteiger partial charge in [0.15, 0.2) is 6.61 Å². The maximum Gasteiger partial charge on any atom is 0.310 e. The highest BCUT2D eigenvalue weighted by molar-refractivity contribution is 5.94. The van der Waals surface area contributed by atoms with E-state index in [2.05, 4.69) is 5.32 Å². The molecule has 1 N–H and O–H groups in total. The zero-order chi connectivity index (χ0) is 18.2. The summed E-state index contributed by atoms with van der Waals surface area (Å²) in [5.41, 5.74) is 2.40. The van der Waals surface area contributed by atoms with E-state index in [1.54, 1.807) is 18.2 Å². The highest BCUT2D eigenvalue weighted by Crippen LogP contribution is 2.28. The van der Waals surface area contributed by atoms with E-state index in [4.69, 9.17) is 14.2 Å². The molecule has 1 amide bonds. The molecule has 0 heterocycles. The number of methoxy groups -OCH3 is 2. The van der Waals surface area contributed by atoms with Gasteiger partial charge in [0, 0.05) is 6.07 Å². The van der Waals surface area contributed by atoms with E-state index in [1.165, 1.54) is 14.2 Å². The Hall–Kier alpha value is -3.02. The molecule has 0 saturated heterocycles. The highest BCUT2D eigenvalue weighted by Gasteiger charge is 2.12. The third-order valence-corrected chi connectivity index (χ3v) is 3.51. The average molecular weight is 343 g/mol. The topological polar surface area (TPSA) is 73.9 Å². The molecular weight excluding hydrogens is 322 g/mol. The van der Waals surface area contributed by atoms with Gasteiger partial charge in [-0.15, -0.1) is 0 Å². The Balaban J connectivity index is 1.88. The minimum Gasteiger partial charge on any atom is -0.497 e. The first-order valence-corrected chi connectivity index (χ1v) is 7.75. The number of benzene rings is 2. The molecule has 0 aliphatic carbocycles. The van der Waals surface area contributed by atoms with Crippen LogP contribution in [0.2, 0.25) is 0 Å². The molecule has 2 aromatic rings. The second-order valence-corrected chi connectivity index (χ2v) is 5.44. The van der Waals surface area contributed by atoms with E-state index >= 15 is 0 Å². The summed E-state index contributed by atoms with van der Waals surface area (Å²) in [7, 11) is 3.03. The van der Waals surface area contributed by atoms with Gasteiger partial charge in [-0.2, -0.15) is 0 Å². The molecule has 2 aromatic carbocycles. The van der Waals surface area contributed by atoms with Crippen molar-refractivity contribution in [1.82, 2.24) is 0 Å². The normalized spacial score (nSPS) is 10.0. The number of ether oxygens (including phenoxy) is 3. The molecule has 0 fully saturated rings. The average Bonchev–Trinajstić information content (AvgIpc) is 2.62. The van der Waals surface area contributed by atoms with Crippen LogP contribution in [0.5, 0.6) is 11.5 Å². The molecule has 0 aromatic heterocycles. The lowest BCUT2D eigenvalue weighted by Gasteiger charge is -2.12. The zero-order valence-corrected chi connectivity index (χ0v) is 14.5. The van der Waals surface area contributed by atoms with Gasteiger partial charge in [0.2, 0.25) is 0 Å². The third kappa shape index (κ3) is 5.53. The van der Waals surface area contributed by atoms with Crippen LogP contribution >= 0.6 is 0 Å². The minimum absolute atomic E-state index is 0.121. The van der Waals surface area contributed by atoms with Crippen molar-refractivity contribution in [3.63, 3.8) is 0 Å². The van der Waals surface area contributed by atoms with Crippen molar-refractivity contribution in [2.75, 3.05) is 26.1 Å². The van der Waals surface area contributed by atoms with Gasteiger partial charge in [0.05, 0.1) is 26.3 Å². The number of carbonyl (C=O) groups is 2. The fourth-order valence-corrected chi connectivity index (χ4v) is 2.17. The second kappa shape index (κ2) is 8.73. The Labute approximate surface area is 146 Å². The second-order valence-electron chi connectivity index (χ2n) is 5.44. The predicted octanol–water partition coefficient (Wildman–Crippen LogP) is 2.74. The summed E-state index contributed by atoms with van der Waals surface area (Å²) >= 11 is 0. The van der Waals surface area contributed by atoms with E-state index in [1.807, 2.05) is 31.2 Å². The number of hydrogen-bond donors (Lipinski definition) is 1. The SMILES string of the molecule is COc1ccc(OC)c(NC(=O)COC(=O)Cc2ccc(C)cc2)c1. The van der Waals surface area contributed by atoms with Gasteiger partial charge in [-0.25, -0.2) is 0 Å². The quantitative estimate of drug-likeness (QED) is 0.783. The number of aryl methyl sites for hydroxylation is 1. The van der Waals surface area contributed by atoms with Crippen LogP contribution in [0.1, 0.15) is 11.1 Å². The first kappa shape index (κ1) is 18.3. The van der Waals surface area contributed by atoms with E-state index in [0.717, 1.165) is 11.1 Å². The van der Waals surface area contributed by atoms with Crippen LogP contribution in [0.15, 0.2) is 42.5 Å². The first-order valence-electron chi connectivity index (χ1n) is 7.75. The molecule has 0 radical (unpaired) electrons. The number of amides is 1.